The van der Waals surface area contributed by atoms with Crippen LogP contribution in [0.2, 0.25) is 5.02 Å². The molecule has 3 fully saturated rings. The normalized spacial score (nSPS) is 18.5. The first-order valence-electron chi connectivity index (χ1n) is 35.9. The number of piperazine rings is 2. The summed E-state index contributed by atoms with van der Waals surface area (Å²) in [4.78, 5) is 69.2. The first-order chi connectivity index (χ1) is 50.5. The van der Waals surface area contributed by atoms with Crippen molar-refractivity contribution in [1.82, 2.24) is 39.8 Å². The van der Waals surface area contributed by atoms with Gasteiger partial charge in [0, 0.05) is 124 Å². The topological polar surface area (TPSA) is 257 Å². The second-order valence-electron chi connectivity index (χ2n) is 28.9. The van der Waals surface area contributed by atoms with Crippen molar-refractivity contribution in [3.05, 3.63) is 172 Å². The number of nitrogens with zero attached hydrogens (tertiary/aromatic N) is 7. The van der Waals surface area contributed by atoms with Crippen LogP contribution in [-0.2, 0) is 34.2 Å². The molecule has 1 unspecified atom stereocenters. The number of thiazole rings is 1. The van der Waals surface area contributed by atoms with Crippen molar-refractivity contribution in [2.24, 2.45) is 11.3 Å². The minimum Gasteiger partial charge on any atom is -0.476 e. The largest absolute Gasteiger partial charge is 0.501 e. The molecular weight excluding hydrogens is 1460 g/mol. The lowest BCUT2D eigenvalue weighted by molar-refractivity contribution is -0.141. The Morgan fingerprint density at radius 1 is 0.840 bits per heavy atom. The number of nitrogens with one attached hydrogen (secondary N) is 3. The summed E-state index contributed by atoms with van der Waals surface area (Å²) < 4.78 is 112. The predicted molar refractivity (Wildman–Crippen MR) is 406 cm³/mol. The molecule has 5 atom stereocenters. The van der Waals surface area contributed by atoms with E-state index in [4.69, 9.17) is 20.9 Å². The zero-order valence-corrected chi connectivity index (χ0v) is 64.3. The third-order valence-electron chi connectivity index (χ3n) is 20.2. The van der Waals surface area contributed by atoms with Gasteiger partial charge in [-0.1, -0.05) is 99.5 Å². The quantitative estimate of drug-likeness (QED) is 0.0251. The van der Waals surface area contributed by atoms with Gasteiger partial charge in [-0.25, -0.2) is 26.5 Å². The van der Waals surface area contributed by atoms with Crippen LogP contribution in [0.1, 0.15) is 131 Å². The number of aliphatic hydroxyl groups excluding tert-OH is 1. The summed E-state index contributed by atoms with van der Waals surface area (Å²) in [5, 5.41) is 21.6. The van der Waals surface area contributed by atoms with Crippen LogP contribution in [-0.4, -0.2) is 183 Å². The number of anilines is 2. The SMILES string of the molecule is Cc1ncsc1-c1ccc([C@H](C)NC(=O)[C@@H]2C[C@@H](O)CN2C(=O)C(c2cc(OCCCCC(=O)N3CCN(CC[C@H](CSc4ccccc4)Nc4ccc(S(=O)(=O)NC(=O)c5ccc(N6CCN(CC7=C(c8ccc(Cl)cc8)CCC(C)(C)C7)CC6)cc5)cc4S(=O)(=O)C(F)(F)F)CC3)no2)C(C)C)cc1. The molecule has 7 aromatic rings. The fraction of sp³-hybridized carbons (Fsp3) is 0.455. The van der Waals surface area contributed by atoms with Gasteiger partial charge in [-0.3, -0.25) is 29.0 Å². The van der Waals surface area contributed by atoms with Gasteiger partial charge in [-0.05, 0) is 158 Å². The molecule has 29 heteroatoms. The number of hydrogen-bond acceptors (Lipinski definition) is 19. The highest BCUT2D eigenvalue weighted by Crippen LogP contribution is 2.44. The number of allylic oxidation sites excluding steroid dienone is 1. The molecule has 0 saturated carbocycles. The van der Waals surface area contributed by atoms with Crippen LogP contribution in [0.15, 0.2) is 158 Å². The Hall–Kier alpha value is -7.83. The van der Waals surface area contributed by atoms with E-state index >= 15 is 0 Å². The van der Waals surface area contributed by atoms with E-state index < -0.39 is 70.9 Å². The number of aromatic nitrogens is 2. The van der Waals surface area contributed by atoms with Gasteiger partial charge < -0.3 is 39.7 Å². The number of carbonyl (C=O) groups excluding carboxylic acids is 4. The van der Waals surface area contributed by atoms with Crippen molar-refractivity contribution in [1.29, 1.82) is 0 Å². The van der Waals surface area contributed by atoms with Crippen molar-refractivity contribution >= 4 is 95.1 Å². The number of β-amino-alcohol motifs (C(OH)–C–C–N with tert-alkyl or cyclic N) is 1. The van der Waals surface area contributed by atoms with Gasteiger partial charge in [0.25, 0.3) is 31.6 Å². The van der Waals surface area contributed by atoms with Crippen molar-refractivity contribution in [3.8, 4) is 16.3 Å². The number of alkyl halides is 3. The number of sulfonamides is 1. The molecule has 0 spiro atoms. The highest BCUT2D eigenvalue weighted by Gasteiger charge is 2.49. The third kappa shape index (κ3) is 19.9. The van der Waals surface area contributed by atoms with Crippen molar-refractivity contribution in [2.45, 2.75) is 143 Å². The maximum atomic E-state index is 14.6. The van der Waals surface area contributed by atoms with Crippen LogP contribution in [0.5, 0.6) is 5.88 Å². The second-order valence-corrected chi connectivity index (χ2v) is 34.8. The molecule has 3 aliphatic heterocycles. The molecule has 568 valence electrons. The smallest absolute Gasteiger partial charge is 0.476 e. The highest BCUT2D eigenvalue weighted by atomic mass is 35.5. The maximum absolute atomic E-state index is 14.6. The predicted octanol–water partition coefficient (Wildman–Crippen LogP) is 12.9. The first kappa shape index (κ1) is 79.2. The average Bonchev–Trinajstić information content (AvgIpc) is 1.41. The summed E-state index contributed by atoms with van der Waals surface area (Å²) >= 11 is 9.18. The Kier molecular flexibility index (Phi) is 25.9. The molecule has 0 bridgehead atoms. The van der Waals surface area contributed by atoms with E-state index in [2.05, 4.69) is 61.5 Å². The minimum absolute atomic E-state index is 0.0258. The van der Waals surface area contributed by atoms with Crippen LogP contribution in [0, 0.1) is 18.3 Å². The van der Waals surface area contributed by atoms with Gasteiger partial charge >= 0.3 is 5.51 Å². The van der Waals surface area contributed by atoms with Gasteiger partial charge in [0.05, 0.1) is 45.4 Å². The number of aryl methyl sites for hydroxylation is 1. The van der Waals surface area contributed by atoms with E-state index in [1.165, 1.54) is 45.5 Å². The van der Waals surface area contributed by atoms with Crippen LogP contribution in [0.25, 0.3) is 16.0 Å². The number of benzene rings is 5. The molecule has 5 aromatic carbocycles. The number of likely N-dealkylation sites (tertiary alicyclic amines) is 1. The molecule has 0 radical (unpaired) electrons. The summed E-state index contributed by atoms with van der Waals surface area (Å²) in [5.41, 5.74) is 3.31. The third-order valence-corrected chi connectivity index (χ3v) is 25.5. The van der Waals surface area contributed by atoms with Crippen molar-refractivity contribution in [3.63, 3.8) is 0 Å². The Bertz CT molecular complexity index is 4470. The number of ether oxygens (including phenoxy) is 1. The van der Waals surface area contributed by atoms with Gasteiger partial charge in [0.2, 0.25) is 17.7 Å². The second kappa shape index (κ2) is 34.6. The van der Waals surface area contributed by atoms with E-state index in [0.717, 1.165) is 83.3 Å². The van der Waals surface area contributed by atoms with Gasteiger partial charge in [0.1, 0.15) is 16.9 Å². The molecule has 5 heterocycles. The molecular formula is C77H92ClF3N10O11S4. The lowest BCUT2D eigenvalue weighted by Crippen LogP contribution is -2.49. The molecule has 21 nitrogen and oxygen atoms in total. The maximum Gasteiger partial charge on any atom is 0.501 e. The Morgan fingerprint density at radius 3 is 2.20 bits per heavy atom. The molecule has 3 saturated heterocycles. The van der Waals surface area contributed by atoms with Crippen LogP contribution in [0.3, 0.4) is 0 Å². The van der Waals surface area contributed by atoms with Gasteiger partial charge in [-0.2, -0.15) is 13.2 Å². The number of aliphatic hydroxyl groups is 1. The Labute approximate surface area is 631 Å². The van der Waals surface area contributed by atoms with Gasteiger partial charge in [0.15, 0.2) is 5.76 Å². The number of carbonyl (C=O) groups is 4. The van der Waals surface area contributed by atoms with E-state index in [-0.39, 0.29) is 84.0 Å². The van der Waals surface area contributed by atoms with Gasteiger partial charge in [-0.15, -0.1) is 23.1 Å². The number of rotatable bonds is 29. The number of hydrogen-bond donors (Lipinski definition) is 4. The number of sulfone groups is 1. The van der Waals surface area contributed by atoms with Crippen molar-refractivity contribution in [2.75, 3.05) is 94.6 Å². The molecule has 1 aliphatic carbocycles. The summed E-state index contributed by atoms with van der Waals surface area (Å²) in [7, 11) is -11.1. The minimum atomic E-state index is -6.18. The van der Waals surface area contributed by atoms with Crippen LogP contribution >= 0.6 is 34.7 Å². The van der Waals surface area contributed by atoms with E-state index in [9.17, 15) is 54.3 Å². The zero-order chi connectivity index (χ0) is 75.7. The summed E-state index contributed by atoms with van der Waals surface area (Å²) in [6.45, 7) is 18.3. The molecule has 4 aliphatic rings. The lowest BCUT2D eigenvalue weighted by Gasteiger charge is -2.39. The standard InChI is InChI=1S/C77H92ClF3N10O11S4/c1-50(2)71(75(96)91-47-61(92)42-66(91)74(95)83-51(3)53-15-17-55(18-16-53)72-52(4)82-49-104-72)67-44-69(85-102-67)101-41-11-10-14-70(93)90-39-33-87(34-40-90)32-30-59(48-103-62-12-8-7-9-13-62)84-65-28-27-63(43-68(65)105(97,98)77(79,80)81)106(99,100)86-73(94)56-21-25-60(26-22-56)89-37-35-88(36-38-89)46-57-45-76(5,6)31-29-64(57)54-19-23-58(78)24-20-54/h7-9,12-13,15-28,43-44,49-51,59,61,66,71,84,92H,10-11,14,29-42,45-48H2,1-6H3,(H,83,95)(H,86,94)/t51-,59+,61+,66-,71?/m0/s1. The molecule has 106 heavy (non-hydrogen) atoms. The highest BCUT2D eigenvalue weighted by molar-refractivity contribution is 7.99. The molecule has 4 N–H and O–H groups in total. The number of amides is 4. The molecule has 11 rings (SSSR count). The van der Waals surface area contributed by atoms with Crippen LogP contribution < -0.4 is 25.0 Å². The summed E-state index contributed by atoms with van der Waals surface area (Å²) in [6, 6.07) is 33.5. The monoisotopic (exact) mass is 1550 g/mol. The Balaban J connectivity index is 0.646. The van der Waals surface area contributed by atoms with E-state index in [1.807, 2.05) is 99.1 Å². The Morgan fingerprint density at radius 2 is 1.53 bits per heavy atom. The average molecular weight is 1550 g/mol. The number of halogens is 4. The molecule has 4 amide bonds. The summed E-state index contributed by atoms with van der Waals surface area (Å²) in [6.07, 6.45) is 3.80. The lowest BCUT2D eigenvalue weighted by atomic mass is 9.73. The number of thioether (sulfide) groups is 1. The van der Waals surface area contributed by atoms with E-state index in [1.54, 1.807) is 39.9 Å². The summed E-state index contributed by atoms with van der Waals surface area (Å²) in [5.74, 6) is -2.32. The first-order valence-corrected chi connectivity index (χ1v) is 41.1. The van der Waals surface area contributed by atoms with Crippen molar-refractivity contribution < 1.29 is 63.6 Å². The number of unbranched alkanes of at least 4 members (excludes halogenated alkanes) is 1. The molecule has 2 aromatic heterocycles. The fourth-order valence-electron chi connectivity index (χ4n) is 14.2. The fourth-order valence-corrected chi connectivity index (χ4v) is 18.2. The zero-order valence-electron chi connectivity index (χ0n) is 60.3. The van der Waals surface area contributed by atoms with Crippen LogP contribution in [0.4, 0.5) is 24.5 Å². The van der Waals surface area contributed by atoms with E-state index in [0.29, 0.717) is 76.2 Å².